The Morgan fingerprint density at radius 3 is 2.74 bits per heavy atom. The van der Waals surface area contributed by atoms with Crippen molar-refractivity contribution in [2.45, 2.75) is 56.0 Å². The highest BCUT2D eigenvalue weighted by molar-refractivity contribution is 7.99. The van der Waals surface area contributed by atoms with Crippen LogP contribution < -0.4 is 4.74 Å². The quantitative estimate of drug-likeness (QED) is 0.854. The molecule has 0 heterocycles. The van der Waals surface area contributed by atoms with Gasteiger partial charge in [-0.2, -0.15) is 11.8 Å². The molecule has 0 aromatic heterocycles. The van der Waals surface area contributed by atoms with Crippen LogP contribution in [0.15, 0.2) is 24.3 Å². The summed E-state index contributed by atoms with van der Waals surface area (Å²) in [5.74, 6) is 1.71. The molecule has 0 radical (unpaired) electrons. The summed E-state index contributed by atoms with van der Waals surface area (Å²) in [5, 5.41) is 11.0. The molecule has 2 nitrogen and oxygen atoms in total. The van der Waals surface area contributed by atoms with Crippen molar-refractivity contribution in [3.63, 3.8) is 0 Å². The maximum atomic E-state index is 10.3. The second-order valence-corrected chi connectivity index (χ2v) is 6.98. The summed E-state index contributed by atoms with van der Waals surface area (Å²) >= 11 is 1.93. The molecule has 2 aliphatic carbocycles. The Hall–Kier alpha value is -0.670. The Labute approximate surface area is 119 Å². The minimum Gasteiger partial charge on any atom is -0.490 e. The molecule has 0 bridgehead atoms. The molecule has 0 aliphatic heterocycles. The average Bonchev–Trinajstić information content (AvgIpc) is 3.08. The van der Waals surface area contributed by atoms with Gasteiger partial charge in [0.25, 0.3) is 0 Å². The summed E-state index contributed by atoms with van der Waals surface area (Å²) in [5.41, 5.74) is 0.989. The van der Waals surface area contributed by atoms with E-state index in [4.69, 9.17) is 4.74 Å². The predicted octanol–water partition coefficient (Wildman–Crippen LogP) is 3.94. The summed E-state index contributed by atoms with van der Waals surface area (Å²) in [7, 11) is 0. The van der Waals surface area contributed by atoms with Gasteiger partial charge >= 0.3 is 0 Å². The van der Waals surface area contributed by atoms with Crippen LogP contribution in [0, 0.1) is 0 Å². The predicted molar refractivity (Wildman–Crippen MR) is 79.8 cm³/mol. The van der Waals surface area contributed by atoms with E-state index in [1.807, 2.05) is 36.0 Å². The minimum absolute atomic E-state index is 0.367. The number of aliphatic hydroxyl groups is 1. The molecule has 1 aromatic rings. The van der Waals surface area contributed by atoms with E-state index in [1.54, 1.807) is 0 Å². The van der Waals surface area contributed by atoms with E-state index < -0.39 is 0 Å². The van der Waals surface area contributed by atoms with E-state index >= 15 is 0 Å². The molecule has 2 aliphatic rings. The fraction of sp³-hybridized carbons (Fsp3) is 0.625. The maximum absolute atomic E-state index is 10.3. The van der Waals surface area contributed by atoms with Gasteiger partial charge in [-0.25, -0.2) is 0 Å². The van der Waals surface area contributed by atoms with E-state index in [-0.39, 0.29) is 6.10 Å². The van der Waals surface area contributed by atoms with E-state index in [0.29, 0.717) is 6.10 Å². The zero-order valence-electron chi connectivity index (χ0n) is 11.3. The van der Waals surface area contributed by atoms with Crippen molar-refractivity contribution in [1.29, 1.82) is 0 Å². The van der Waals surface area contributed by atoms with Crippen molar-refractivity contribution in [3.05, 3.63) is 29.8 Å². The van der Waals surface area contributed by atoms with Crippen LogP contribution in [0.3, 0.4) is 0 Å². The van der Waals surface area contributed by atoms with Gasteiger partial charge in [-0.3, -0.25) is 0 Å². The lowest BCUT2D eigenvalue weighted by Gasteiger charge is -2.15. The van der Waals surface area contributed by atoms with Crippen molar-refractivity contribution in [2.24, 2.45) is 0 Å². The molecule has 1 aromatic carbocycles. The number of ether oxygens (including phenoxy) is 1. The second kappa shape index (κ2) is 6.19. The number of benzene rings is 1. The molecule has 3 rings (SSSR count). The highest BCUT2D eigenvalue weighted by Gasteiger charge is 2.24. The molecule has 0 spiro atoms. The van der Waals surface area contributed by atoms with Gasteiger partial charge in [0.15, 0.2) is 0 Å². The zero-order valence-corrected chi connectivity index (χ0v) is 12.1. The van der Waals surface area contributed by atoms with Crippen LogP contribution in [0.25, 0.3) is 0 Å². The summed E-state index contributed by atoms with van der Waals surface area (Å²) < 4.78 is 5.78. The van der Waals surface area contributed by atoms with Gasteiger partial charge in [0.2, 0.25) is 0 Å². The van der Waals surface area contributed by atoms with Crippen LogP contribution in [-0.4, -0.2) is 22.2 Å². The molecule has 1 atom stereocenters. The van der Waals surface area contributed by atoms with Gasteiger partial charge in [-0.05, 0) is 43.4 Å². The van der Waals surface area contributed by atoms with E-state index in [9.17, 15) is 5.11 Å². The molecular formula is C16H22O2S. The lowest BCUT2D eigenvalue weighted by Crippen LogP contribution is -2.05. The monoisotopic (exact) mass is 278 g/mol. The van der Waals surface area contributed by atoms with Crippen molar-refractivity contribution in [1.82, 2.24) is 0 Å². The molecule has 19 heavy (non-hydrogen) atoms. The van der Waals surface area contributed by atoms with Gasteiger partial charge in [0.1, 0.15) is 5.75 Å². The summed E-state index contributed by atoms with van der Waals surface area (Å²) in [6, 6.07) is 7.97. The summed E-state index contributed by atoms with van der Waals surface area (Å²) in [6.07, 6.45) is 7.75. The van der Waals surface area contributed by atoms with E-state index in [1.165, 1.54) is 38.5 Å². The number of hydrogen-bond acceptors (Lipinski definition) is 3. The first-order chi connectivity index (χ1) is 9.31. The van der Waals surface area contributed by atoms with Crippen LogP contribution in [0.2, 0.25) is 0 Å². The van der Waals surface area contributed by atoms with Crippen molar-refractivity contribution >= 4 is 11.8 Å². The van der Waals surface area contributed by atoms with Crippen molar-refractivity contribution < 1.29 is 9.84 Å². The van der Waals surface area contributed by atoms with E-state index in [2.05, 4.69) is 0 Å². The maximum Gasteiger partial charge on any atom is 0.120 e. The molecule has 1 unspecified atom stereocenters. The van der Waals surface area contributed by atoms with Gasteiger partial charge in [-0.15, -0.1) is 0 Å². The molecule has 104 valence electrons. The third kappa shape index (κ3) is 3.90. The summed E-state index contributed by atoms with van der Waals surface area (Å²) in [6.45, 7) is 0. The summed E-state index contributed by atoms with van der Waals surface area (Å²) in [4.78, 5) is 0. The van der Waals surface area contributed by atoms with Gasteiger partial charge in [0.05, 0.1) is 12.2 Å². The lowest BCUT2D eigenvalue weighted by atomic mass is 10.1. The van der Waals surface area contributed by atoms with Gasteiger partial charge in [-0.1, -0.05) is 25.0 Å². The Balaban J connectivity index is 1.53. The average molecular weight is 278 g/mol. The number of aliphatic hydroxyl groups excluding tert-OH is 1. The Morgan fingerprint density at radius 1 is 1.21 bits per heavy atom. The molecule has 0 saturated heterocycles. The normalized spacial score (nSPS) is 21.5. The first-order valence-electron chi connectivity index (χ1n) is 7.37. The van der Waals surface area contributed by atoms with Crippen LogP contribution in [0.1, 0.15) is 50.2 Å². The molecular weight excluding hydrogens is 256 g/mol. The smallest absolute Gasteiger partial charge is 0.120 e. The fourth-order valence-electron chi connectivity index (χ4n) is 2.55. The Kier molecular flexibility index (Phi) is 4.34. The molecule has 2 saturated carbocycles. The highest BCUT2D eigenvalue weighted by Crippen LogP contribution is 2.33. The topological polar surface area (TPSA) is 29.5 Å². The second-order valence-electron chi connectivity index (χ2n) is 5.65. The standard InChI is InChI=1S/C16H22O2S/c17-16(11-19-15-6-1-2-7-15)12-4-3-5-14(10-12)18-13-8-9-13/h3-5,10,13,15-17H,1-2,6-9,11H2. The first kappa shape index (κ1) is 13.3. The number of rotatable bonds is 6. The third-order valence-corrected chi connectivity index (χ3v) is 5.31. The molecule has 0 amide bonds. The Bertz CT molecular complexity index is 411. The van der Waals surface area contributed by atoms with Crippen LogP contribution in [0.5, 0.6) is 5.75 Å². The minimum atomic E-state index is -0.367. The van der Waals surface area contributed by atoms with Crippen LogP contribution >= 0.6 is 11.8 Å². The van der Waals surface area contributed by atoms with Gasteiger partial charge in [0, 0.05) is 11.0 Å². The Morgan fingerprint density at radius 2 is 2.00 bits per heavy atom. The molecule has 2 fully saturated rings. The lowest BCUT2D eigenvalue weighted by molar-refractivity contribution is 0.203. The van der Waals surface area contributed by atoms with Gasteiger partial charge < -0.3 is 9.84 Å². The zero-order chi connectivity index (χ0) is 13.1. The number of thioether (sulfide) groups is 1. The highest BCUT2D eigenvalue weighted by atomic mass is 32.2. The first-order valence-corrected chi connectivity index (χ1v) is 8.42. The molecule has 3 heteroatoms. The SMILES string of the molecule is OC(CSC1CCCC1)c1cccc(OC2CC2)c1. The number of hydrogen-bond donors (Lipinski definition) is 1. The van der Waals surface area contributed by atoms with E-state index in [0.717, 1.165) is 22.3 Å². The van der Waals surface area contributed by atoms with Crippen molar-refractivity contribution in [2.75, 3.05) is 5.75 Å². The fourth-order valence-corrected chi connectivity index (χ4v) is 3.87. The molecule has 1 N–H and O–H groups in total. The third-order valence-electron chi connectivity index (χ3n) is 3.86. The van der Waals surface area contributed by atoms with Crippen LogP contribution in [0.4, 0.5) is 0 Å². The van der Waals surface area contributed by atoms with Crippen LogP contribution in [-0.2, 0) is 0 Å². The van der Waals surface area contributed by atoms with Crippen molar-refractivity contribution in [3.8, 4) is 5.75 Å². The largest absolute Gasteiger partial charge is 0.490 e.